The monoisotopic (exact) mass is 420 g/mol. The van der Waals surface area contributed by atoms with Gasteiger partial charge in [0.05, 0.1) is 0 Å². The van der Waals surface area contributed by atoms with E-state index in [1.165, 1.54) is 35.1 Å². The molecule has 0 saturated heterocycles. The van der Waals surface area contributed by atoms with E-state index in [-0.39, 0.29) is 0 Å². The summed E-state index contributed by atoms with van der Waals surface area (Å²) in [6, 6.07) is 4.46. The first-order valence-electron chi connectivity index (χ1n) is 10.1. The standard InChI is InChI=1S/C21H20N6S2/c1-12-4-7-15-16(9-12)28-19-17(15)20(24-11-23-19)29-21-26-25-18(27(21)14-5-6-14)13-3-2-8-22-10-13/h2-3,8,10-12,14H,4-7,9H2,1H3. The van der Waals surface area contributed by atoms with Crippen LogP contribution in [0, 0.1) is 5.92 Å². The van der Waals surface area contributed by atoms with Crippen LogP contribution in [0.3, 0.4) is 0 Å². The number of aromatic nitrogens is 6. The highest BCUT2D eigenvalue weighted by atomic mass is 32.2. The normalized spacial score (nSPS) is 18.9. The van der Waals surface area contributed by atoms with Crippen molar-refractivity contribution in [2.75, 3.05) is 0 Å². The average Bonchev–Trinajstić information content (AvgIpc) is 3.38. The molecule has 0 radical (unpaired) electrons. The molecule has 29 heavy (non-hydrogen) atoms. The Hall–Kier alpha value is -2.32. The maximum absolute atomic E-state index is 4.67. The first-order valence-corrected chi connectivity index (χ1v) is 11.7. The van der Waals surface area contributed by atoms with Crippen molar-refractivity contribution >= 4 is 33.3 Å². The molecule has 0 bridgehead atoms. The fourth-order valence-electron chi connectivity index (χ4n) is 4.11. The van der Waals surface area contributed by atoms with Crippen LogP contribution in [0.4, 0.5) is 0 Å². The van der Waals surface area contributed by atoms with Crippen LogP contribution in [0.1, 0.15) is 42.7 Å². The first kappa shape index (κ1) is 17.5. The molecule has 0 amide bonds. The lowest BCUT2D eigenvalue weighted by Gasteiger charge is -2.18. The molecule has 6 nitrogen and oxygen atoms in total. The first-order chi connectivity index (χ1) is 14.3. The number of hydrogen-bond donors (Lipinski definition) is 0. The lowest BCUT2D eigenvalue weighted by Crippen LogP contribution is -2.08. The third-order valence-corrected chi connectivity index (χ3v) is 7.87. The summed E-state index contributed by atoms with van der Waals surface area (Å²) in [4.78, 5) is 16.1. The van der Waals surface area contributed by atoms with Gasteiger partial charge in [0.25, 0.3) is 0 Å². The van der Waals surface area contributed by atoms with Gasteiger partial charge in [0.2, 0.25) is 0 Å². The summed E-state index contributed by atoms with van der Waals surface area (Å²) >= 11 is 3.47. The number of fused-ring (bicyclic) bond motifs is 3. The highest BCUT2D eigenvalue weighted by Gasteiger charge is 2.31. The molecule has 4 aromatic heterocycles. The molecule has 6 rings (SSSR count). The van der Waals surface area contributed by atoms with Gasteiger partial charge >= 0.3 is 0 Å². The molecule has 0 N–H and O–H groups in total. The number of rotatable bonds is 4. The smallest absolute Gasteiger partial charge is 0.198 e. The second kappa shape index (κ2) is 6.88. The minimum absolute atomic E-state index is 0.470. The van der Waals surface area contributed by atoms with Gasteiger partial charge < -0.3 is 0 Å². The van der Waals surface area contributed by atoms with E-state index in [0.29, 0.717) is 6.04 Å². The SMILES string of the molecule is CC1CCc2c(sc3ncnc(Sc4nnc(-c5cccnc5)n4C4CC4)c23)C1. The summed E-state index contributed by atoms with van der Waals surface area (Å²) in [6.45, 7) is 2.34. The van der Waals surface area contributed by atoms with Crippen molar-refractivity contribution in [1.29, 1.82) is 0 Å². The number of nitrogens with zero attached hydrogens (tertiary/aromatic N) is 6. The largest absolute Gasteiger partial charge is 0.299 e. The molecule has 0 aromatic carbocycles. The predicted molar refractivity (Wildman–Crippen MR) is 114 cm³/mol. The third kappa shape index (κ3) is 3.05. The summed E-state index contributed by atoms with van der Waals surface area (Å²) < 4.78 is 2.27. The summed E-state index contributed by atoms with van der Waals surface area (Å²) in [5, 5.41) is 12.2. The van der Waals surface area contributed by atoms with Crippen molar-refractivity contribution in [1.82, 2.24) is 29.7 Å². The van der Waals surface area contributed by atoms with Gasteiger partial charge in [-0.15, -0.1) is 21.5 Å². The molecule has 0 spiro atoms. The van der Waals surface area contributed by atoms with E-state index in [9.17, 15) is 0 Å². The molecular weight excluding hydrogens is 400 g/mol. The molecule has 1 fully saturated rings. The Balaban J connectivity index is 1.44. The zero-order valence-corrected chi connectivity index (χ0v) is 17.7. The molecule has 1 saturated carbocycles. The molecule has 4 aromatic rings. The third-order valence-electron chi connectivity index (χ3n) is 5.74. The molecule has 4 heterocycles. The minimum Gasteiger partial charge on any atom is -0.299 e. The van der Waals surface area contributed by atoms with E-state index >= 15 is 0 Å². The zero-order chi connectivity index (χ0) is 19.4. The fraction of sp³-hybridized carbons (Fsp3) is 0.381. The van der Waals surface area contributed by atoms with Crippen LogP contribution >= 0.6 is 23.1 Å². The number of pyridine rings is 1. The van der Waals surface area contributed by atoms with Gasteiger partial charge in [-0.3, -0.25) is 9.55 Å². The van der Waals surface area contributed by atoms with Crippen molar-refractivity contribution in [2.45, 2.75) is 55.3 Å². The van der Waals surface area contributed by atoms with Crippen LogP contribution in [0.15, 0.2) is 41.0 Å². The lowest BCUT2D eigenvalue weighted by atomic mass is 9.89. The average molecular weight is 421 g/mol. The zero-order valence-electron chi connectivity index (χ0n) is 16.1. The highest BCUT2D eigenvalue weighted by Crippen LogP contribution is 2.45. The summed E-state index contributed by atoms with van der Waals surface area (Å²) in [6.07, 6.45) is 11.2. The van der Waals surface area contributed by atoms with E-state index in [4.69, 9.17) is 0 Å². The second-order valence-electron chi connectivity index (χ2n) is 7.96. The van der Waals surface area contributed by atoms with Gasteiger partial charge in [0.1, 0.15) is 16.2 Å². The Morgan fingerprint density at radius 3 is 2.93 bits per heavy atom. The number of aryl methyl sites for hydroxylation is 1. The van der Waals surface area contributed by atoms with E-state index in [1.54, 1.807) is 24.3 Å². The molecule has 2 aliphatic rings. The highest BCUT2D eigenvalue weighted by molar-refractivity contribution is 7.99. The Morgan fingerprint density at radius 2 is 2.10 bits per heavy atom. The Bertz CT molecular complexity index is 1190. The van der Waals surface area contributed by atoms with Crippen molar-refractivity contribution in [3.8, 4) is 11.4 Å². The second-order valence-corrected chi connectivity index (χ2v) is 10.0. The topological polar surface area (TPSA) is 69.4 Å². The summed E-state index contributed by atoms with van der Waals surface area (Å²) in [5.74, 6) is 1.65. The quantitative estimate of drug-likeness (QED) is 0.435. The molecule has 8 heteroatoms. The number of thiophene rings is 1. The van der Waals surface area contributed by atoms with Crippen molar-refractivity contribution in [3.63, 3.8) is 0 Å². The van der Waals surface area contributed by atoms with E-state index in [2.05, 4.69) is 36.6 Å². The van der Waals surface area contributed by atoms with Crippen LogP contribution in [0.25, 0.3) is 21.6 Å². The van der Waals surface area contributed by atoms with Crippen LogP contribution in [0.5, 0.6) is 0 Å². The fourth-order valence-corrected chi connectivity index (χ4v) is 6.54. The number of hydrogen-bond acceptors (Lipinski definition) is 7. The summed E-state index contributed by atoms with van der Waals surface area (Å²) in [5.41, 5.74) is 2.46. The Morgan fingerprint density at radius 1 is 1.17 bits per heavy atom. The van der Waals surface area contributed by atoms with Crippen molar-refractivity contribution < 1.29 is 0 Å². The molecule has 2 aliphatic carbocycles. The van der Waals surface area contributed by atoms with Gasteiger partial charge in [-0.1, -0.05) is 6.92 Å². The maximum atomic E-state index is 4.67. The minimum atomic E-state index is 0.470. The lowest BCUT2D eigenvalue weighted by molar-refractivity contribution is 0.509. The van der Waals surface area contributed by atoms with Gasteiger partial charge in [0, 0.05) is 34.3 Å². The van der Waals surface area contributed by atoms with Crippen molar-refractivity contribution in [3.05, 3.63) is 41.3 Å². The van der Waals surface area contributed by atoms with Crippen LogP contribution < -0.4 is 0 Å². The maximum Gasteiger partial charge on any atom is 0.198 e. The van der Waals surface area contributed by atoms with E-state index < -0.39 is 0 Å². The van der Waals surface area contributed by atoms with Crippen molar-refractivity contribution in [2.24, 2.45) is 5.92 Å². The van der Waals surface area contributed by atoms with Crippen LogP contribution in [-0.4, -0.2) is 29.7 Å². The predicted octanol–water partition coefficient (Wildman–Crippen LogP) is 4.96. The van der Waals surface area contributed by atoms with Crippen LogP contribution in [0.2, 0.25) is 0 Å². The van der Waals surface area contributed by atoms with Crippen LogP contribution in [-0.2, 0) is 12.8 Å². The van der Waals surface area contributed by atoms with Gasteiger partial charge in [-0.25, -0.2) is 9.97 Å². The Labute approximate surface area is 176 Å². The molecule has 0 aliphatic heterocycles. The van der Waals surface area contributed by atoms with E-state index in [1.807, 2.05) is 29.7 Å². The van der Waals surface area contributed by atoms with Gasteiger partial charge in [-0.2, -0.15) is 0 Å². The molecule has 146 valence electrons. The molecule has 1 unspecified atom stereocenters. The molecule has 1 atom stereocenters. The van der Waals surface area contributed by atoms with E-state index in [0.717, 1.165) is 45.2 Å². The van der Waals surface area contributed by atoms with Gasteiger partial charge in [-0.05, 0) is 67.5 Å². The summed E-state index contributed by atoms with van der Waals surface area (Å²) in [7, 11) is 0. The Kier molecular flexibility index (Phi) is 4.16. The molecular formula is C21H20N6S2. The van der Waals surface area contributed by atoms with Gasteiger partial charge in [0.15, 0.2) is 11.0 Å².